The molecule has 0 unspecified atom stereocenters. The second-order valence-electron chi connectivity index (χ2n) is 5.77. The van der Waals surface area contributed by atoms with Crippen molar-refractivity contribution < 1.29 is 14.3 Å². The monoisotopic (exact) mass is 330 g/mol. The minimum absolute atomic E-state index is 0.00968. The lowest BCUT2D eigenvalue weighted by atomic mass is 10.1. The number of carbonyl (C=O) groups excluding carboxylic acids is 2. The minimum atomic E-state index is -0.270. The van der Waals surface area contributed by atoms with Crippen LogP contribution in [-0.4, -0.2) is 53.7 Å². The third-order valence-electron chi connectivity index (χ3n) is 3.43. The molecule has 0 aliphatic heterocycles. The second kappa shape index (κ2) is 7.63. The summed E-state index contributed by atoms with van der Waals surface area (Å²) in [6.45, 7) is 3.74. The number of methoxy groups -OCH3 is 1. The molecule has 0 aliphatic rings. The van der Waals surface area contributed by atoms with Crippen LogP contribution in [0.4, 0.5) is 0 Å². The summed E-state index contributed by atoms with van der Waals surface area (Å²) in [6, 6.07) is 7.34. The summed E-state index contributed by atoms with van der Waals surface area (Å²) in [5.74, 6) is 0.262. The van der Waals surface area contributed by atoms with Crippen molar-refractivity contribution in [2.75, 3.05) is 20.7 Å². The van der Waals surface area contributed by atoms with Gasteiger partial charge in [-0.3, -0.25) is 14.7 Å². The van der Waals surface area contributed by atoms with E-state index in [0.29, 0.717) is 11.3 Å². The SMILES string of the molecule is COc1ccc(-c2[nH]ncc2C(=O)N(C)CC(=O)NC(C)C)cc1. The van der Waals surface area contributed by atoms with Gasteiger partial charge in [0, 0.05) is 18.7 Å². The number of aromatic nitrogens is 2. The Morgan fingerprint density at radius 2 is 1.96 bits per heavy atom. The van der Waals surface area contributed by atoms with E-state index in [2.05, 4.69) is 15.5 Å². The van der Waals surface area contributed by atoms with Gasteiger partial charge < -0.3 is 15.0 Å². The normalized spacial score (nSPS) is 10.5. The zero-order valence-corrected chi connectivity index (χ0v) is 14.3. The molecule has 0 bridgehead atoms. The molecule has 0 atom stereocenters. The number of aromatic amines is 1. The fraction of sp³-hybridized carbons (Fsp3) is 0.353. The highest BCUT2D eigenvalue weighted by Gasteiger charge is 2.20. The molecule has 24 heavy (non-hydrogen) atoms. The van der Waals surface area contributed by atoms with Gasteiger partial charge in [-0.25, -0.2) is 0 Å². The quantitative estimate of drug-likeness (QED) is 0.843. The number of benzene rings is 1. The first kappa shape index (κ1) is 17.5. The van der Waals surface area contributed by atoms with Gasteiger partial charge in [-0.2, -0.15) is 5.10 Å². The second-order valence-corrected chi connectivity index (χ2v) is 5.77. The van der Waals surface area contributed by atoms with Crippen LogP contribution in [0.15, 0.2) is 30.5 Å². The molecule has 0 aliphatic carbocycles. The number of ether oxygens (including phenoxy) is 1. The molecule has 2 amide bonds. The molecular formula is C17H22N4O3. The smallest absolute Gasteiger partial charge is 0.257 e. The van der Waals surface area contributed by atoms with E-state index in [1.165, 1.54) is 11.1 Å². The molecule has 2 N–H and O–H groups in total. The summed E-state index contributed by atoms with van der Waals surface area (Å²) >= 11 is 0. The molecule has 128 valence electrons. The standard InChI is InChI=1S/C17H22N4O3/c1-11(2)19-15(22)10-21(3)17(23)14-9-18-20-16(14)12-5-7-13(24-4)8-6-12/h5-9,11H,10H2,1-4H3,(H,18,20)(H,19,22). The fourth-order valence-corrected chi connectivity index (χ4v) is 2.29. The van der Waals surface area contributed by atoms with Crippen LogP contribution in [0.25, 0.3) is 11.3 Å². The first-order valence-corrected chi connectivity index (χ1v) is 7.65. The lowest BCUT2D eigenvalue weighted by molar-refractivity contribution is -0.122. The molecule has 1 heterocycles. The Kier molecular flexibility index (Phi) is 5.57. The molecule has 7 heteroatoms. The van der Waals surface area contributed by atoms with E-state index in [0.717, 1.165) is 11.3 Å². The highest BCUT2D eigenvalue weighted by molar-refractivity contribution is 6.01. The van der Waals surface area contributed by atoms with Crippen LogP contribution in [0.2, 0.25) is 0 Å². The number of nitrogens with one attached hydrogen (secondary N) is 2. The zero-order chi connectivity index (χ0) is 17.7. The molecule has 0 saturated carbocycles. The van der Waals surface area contributed by atoms with Crippen molar-refractivity contribution in [1.82, 2.24) is 20.4 Å². The fourth-order valence-electron chi connectivity index (χ4n) is 2.29. The zero-order valence-electron chi connectivity index (χ0n) is 14.3. The lowest BCUT2D eigenvalue weighted by Gasteiger charge is -2.18. The summed E-state index contributed by atoms with van der Waals surface area (Å²) in [4.78, 5) is 25.8. The van der Waals surface area contributed by atoms with E-state index < -0.39 is 0 Å². The van der Waals surface area contributed by atoms with E-state index in [1.807, 2.05) is 38.1 Å². The van der Waals surface area contributed by atoms with Crippen molar-refractivity contribution in [2.24, 2.45) is 0 Å². The van der Waals surface area contributed by atoms with Crippen molar-refractivity contribution >= 4 is 11.8 Å². The van der Waals surface area contributed by atoms with E-state index in [1.54, 1.807) is 14.2 Å². The molecular weight excluding hydrogens is 308 g/mol. The van der Waals surface area contributed by atoms with E-state index in [9.17, 15) is 9.59 Å². The van der Waals surface area contributed by atoms with Crippen LogP contribution in [-0.2, 0) is 4.79 Å². The van der Waals surface area contributed by atoms with Crippen molar-refractivity contribution in [3.8, 4) is 17.0 Å². The predicted octanol–water partition coefficient (Wildman–Crippen LogP) is 1.68. The number of hydrogen-bond acceptors (Lipinski definition) is 4. The summed E-state index contributed by atoms with van der Waals surface area (Å²) in [5, 5.41) is 9.57. The Labute approximate surface area is 141 Å². The van der Waals surface area contributed by atoms with Gasteiger partial charge in [0.1, 0.15) is 5.75 Å². The van der Waals surface area contributed by atoms with Crippen LogP contribution in [0.3, 0.4) is 0 Å². The number of hydrogen-bond donors (Lipinski definition) is 2. The summed E-state index contributed by atoms with van der Waals surface area (Å²) in [7, 11) is 3.18. The van der Waals surface area contributed by atoms with Crippen molar-refractivity contribution in [2.45, 2.75) is 19.9 Å². The van der Waals surface area contributed by atoms with Gasteiger partial charge in [0.15, 0.2) is 0 Å². The van der Waals surface area contributed by atoms with Gasteiger partial charge in [0.25, 0.3) is 5.91 Å². The number of nitrogens with zero attached hydrogens (tertiary/aromatic N) is 2. The minimum Gasteiger partial charge on any atom is -0.497 e. The molecule has 0 spiro atoms. The average molecular weight is 330 g/mol. The van der Waals surface area contributed by atoms with Crippen LogP contribution in [0, 0.1) is 0 Å². The van der Waals surface area contributed by atoms with E-state index >= 15 is 0 Å². The van der Waals surface area contributed by atoms with Crippen molar-refractivity contribution in [3.05, 3.63) is 36.0 Å². The maximum Gasteiger partial charge on any atom is 0.257 e. The molecule has 0 radical (unpaired) electrons. The number of likely N-dealkylation sites (N-methyl/N-ethyl adjacent to an activating group) is 1. The maximum absolute atomic E-state index is 12.6. The van der Waals surface area contributed by atoms with Gasteiger partial charge in [0.2, 0.25) is 5.91 Å². The predicted molar refractivity (Wildman–Crippen MR) is 90.8 cm³/mol. The summed E-state index contributed by atoms with van der Waals surface area (Å²) in [5.41, 5.74) is 1.84. The number of rotatable bonds is 6. The van der Waals surface area contributed by atoms with Gasteiger partial charge >= 0.3 is 0 Å². The first-order valence-electron chi connectivity index (χ1n) is 7.65. The number of amides is 2. The van der Waals surface area contributed by atoms with Gasteiger partial charge in [0.05, 0.1) is 31.1 Å². The Bertz CT molecular complexity index is 707. The van der Waals surface area contributed by atoms with Gasteiger partial charge in [-0.15, -0.1) is 0 Å². The molecule has 7 nitrogen and oxygen atoms in total. The lowest BCUT2D eigenvalue weighted by Crippen LogP contribution is -2.40. The Balaban J connectivity index is 2.16. The van der Waals surface area contributed by atoms with Crippen LogP contribution < -0.4 is 10.1 Å². The molecule has 2 aromatic rings. The third kappa shape index (κ3) is 4.13. The Morgan fingerprint density at radius 1 is 1.29 bits per heavy atom. The van der Waals surface area contributed by atoms with Crippen molar-refractivity contribution in [3.63, 3.8) is 0 Å². The van der Waals surface area contributed by atoms with Crippen molar-refractivity contribution in [1.29, 1.82) is 0 Å². The first-order chi connectivity index (χ1) is 11.4. The Morgan fingerprint density at radius 3 is 2.54 bits per heavy atom. The van der Waals surface area contributed by atoms with Crippen LogP contribution in [0.5, 0.6) is 5.75 Å². The highest BCUT2D eigenvalue weighted by atomic mass is 16.5. The third-order valence-corrected chi connectivity index (χ3v) is 3.43. The molecule has 2 rings (SSSR count). The van der Waals surface area contributed by atoms with E-state index in [4.69, 9.17) is 4.74 Å². The Hall–Kier alpha value is -2.83. The maximum atomic E-state index is 12.6. The highest BCUT2D eigenvalue weighted by Crippen LogP contribution is 2.24. The average Bonchev–Trinajstić information content (AvgIpc) is 3.02. The van der Waals surface area contributed by atoms with Crippen LogP contribution >= 0.6 is 0 Å². The molecule has 1 aromatic carbocycles. The van der Waals surface area contributed by atoms with Gasteiger partial charge in [-0.05, 0) is 38.1 Å². The summed E-state index contributed by atoms with van der Waals surface area (Å²) < 4.78 is 5.13. The van der Waals surface area contributed by atoms with Crippen LogP contribution in [0.1, 0.15) is 24.2 Å². The van der Waals surface area contributed by atoms with Gasteiger partial charge in [-0.1, -0.05) is 0 Å². The molecule has 1 aromatic heterocycles. The molecule has 0 saturated heterocycles. The molecule has 0 fully saturated rings. The summed E-state index contributed by atoms with van der Waals surface area (Å²) in [6.07, 6.45) is 1.47. The topological polar surface area (TPSA) is 87.3 Å². The number of carbonyl (C=O) groups is 2. The largest absolute Gasteiger partial charge is 0.497 e. The number of H-pyrrole nitrogens is 1. The van der Waals surface area contributed by atoms with E-state index in [-0.39, 0.29) is 24.4 Å².